The van der Waals surface area contributed by atoms with Gasteiger partial charge in [0.2, 0.25) is 0 Å². The Hall–Kier alpha value is -1.26. The first-order chi connectivity index (χ1) is 9.33. The lowest BCUT2D eigenvalue weighted by molar-refractivity contribution is 0.226. The maximum atomic E-state index is 5.96. The number of hydrogen-bond acceptors (Lipinski definition) is 4. The van der Waals surface area contributed by atoms with E-state index in [4.69, 9.17) is 15.2 Å². The van der Waals surface area contributed by atoms with Crippen LogP contribution in [0.5, 0.6) is 11.5 Å². The van der Waals surface area contributed by atoms with Gasteiger partial charge in [0.1, 0.15) is 24.7 Å². The summed E-state index contributed by atoms with van der Waals surface area (Å²) in [6.45, 7) is 4.78. The normalized spacial score (nSPS) is 22.9. The van der Waals surface area contributed by atoms with E-state index in [9.17, 15) is 0 Å². The van der Waals surface area contributed by atoms with Gasteiger partial charge in [0.25, 0.3) is 0 Å². The van der Waals surface area contributed by atoms with Crippen molar-refractivity contribution >= 4 is 0 Å². The summed E-state index contributed by atoms with van der Waals surface area (Å²) in [6, 6.07) is 6.08. The summed E-state index contributed by atoms with van der Waals surface area (Å²) >= 11 is 0. The van der Waals surface area contributed by atoms with Gasteiger partial charge in [-0.15, -0.1) is 0 Å². The van der Waals surface area contributed by atoms with E-state index >= 15 is 0 Å². The van der Waals surface area contributed by atoms with Crippen molar-refractivity contribution in [2.45, 2.75) is 25.3 Å². The van der Waals surface area contributed by atoms with Crippen LogP contribution in [0.15, 0.2) is 18.2 Å². The fourth-order valence-electron chi connectivity index (χ4n) is 2.83. The number of rotatable bonds is 4. The Morgan fingerprint density at radius 1 is 1.32 bits per heavy atom. The number of likely N-dealkylation sites (tertiary alicyclic amines) is 1. The summed E-state index contributed by atoms with van der Waals surface area (Å²) < 4.78 is 11.6. The molecule has 1 saturated heterocycles. The van der Waals surface area contributed by atoms with Crippen molar-refractivity contribution in [1.29, 1.82) is 0 Å². The van der Waals surface area contributed by atoms with E-state index < -0.39 is 0 Å². The molecule has 1 fully saturated rings. The second-order valence-corrected chi connectivity index (χ2v) is 5.41. The van der Waals surface area contributed by atoms with E-state index in [0.717, 1.165) is 36.6 Å². The van der Waals surface area contributed by atoms with Crippen molar-refractivity contribution in [2.75, 3.05) is 32.8 Å². The van der Waals surface area contributed by atoms with Gasteiger partial charge in [-0.25, -0.2) is 0 Å². The first-order valence-electron chi connectivity index (χ1n) is 7.18. The Bertz CT molecular complexity index is 430. The van der Waals surface area contributed by atoms with E-state index in [2.05, 4.69) is 4.90 Å². The highest BCUT2D eigenvalue weighted by Gasteiger charge is 2.20. The van der Waals surface area contributed by atoms with Crippen LogP contribution in [0, 0.1) is 0 Å². The van der Waals surface area contributed by atoms with Crippen LogP contribution in [0.25, 0.3) is 0 Å². The van der Waals surface area contributed by atoms with Crippen LogP contribution in [-0.2, 0) is 6.42 Å². The van der Waals surface area contributed by atoms with E-state index in [1.807, 2.05) is 18.2 Å². The van der Waals surface area contributed by atoms with Crippen LogP contribution in [0.2, 0.25) is 0 Å². The predicted molar refractivity (Wildman–Crippen MR) is 74.8 cm³/mol. The summed E-state index contributed by atoms with van der Waals surface area (Å²) in [7, 11) is 0. The molecule has 19 heavy (non-hydrogen) atoms. The minimum Gasteiger partial charge on any atom is -0.492 e. The third-order valence-corrected chi connectivity index (χ3v) is 3.87. The molecule has 2 N–H and O–H groups in total. The lowest BCUT2D eigenvalue weighted by Crippen LogP contribution is -2.34. The largest absolute Gasteiger partial charge is 0.492 e. The Labute approximate surface area is 114 Å². The second kappa shape index (κ2) is 5.80. The topological polar surface area (TPSA) is 47.7 Å². The summed E-state index contributed by atoms with van der Waals surface area (Å²) in [5.74, 6) is 1.87. The number of hydrogen-bond donors (Lipinski definition) is 1. The van der Waals surface area contributed by atoms with Gasteiger partial charge in [-0.3, -0.25) is 4.90 Å². The monoisotopic (exact) mass is 262 g/mol. The van der Waals surface area contributed by atoms with Gasteiger partial charge in [0.05, 0.1) is 0 Å². The molecule has 1 aromatic rings. The number of ether oxygens (including phenoxy) is 2. The number of nitrogens with zero attached hydrogens (tertiary/aromatic N) is 1. The van der Waals surface area contributed by atoms with Crippen LogP contribution in [-0.4, -0.2) is 43.8 Å². The first kappa shape index (κ1) is 12.8. The van der Waals surface area contributed by atoms with Crippen molar-refractivity contribution in [1.82, 2.24) is 4.90 Å². The molecule has 2 aliphatic heterocycles. The minimum atomic E-state index is 0.0795. The number of nitrogens with two attached hydrogens (primary N) is 1. The van der Waals surface area contributed by atoms with Crippen molar-refractivity contribution in [3.8, 4) is 11.5 Å². The van der Waals surface area contributed by atoms with Crippen LogP contribution in [0.1, 0.15) is 18.4 Å². The minimum absolute atomic E-state index is 0.0795. The average molecular weight is 262 g/mol. The molecule has 2 aliphatic rings. The van der Waals surface area contributed by atoms with E-state index in [1.165, 1.54) is 25.9 Å². The molecule has 3 rings (SSSR count). The second-order valence-electron chi connectivity index (χ2n) is 5.41. The molecule has 4 heteroatoms. The van der Waals surface area contributed by atoms with Crippen molar-refractivity contribution < 1.29 is 9.47 Å². The molecule has 0 radical (unpaired) electrons. The van der Waals surface area contributed by atoms with Crippen molar-refractivity contribution in [2.24, 2.45) is 5.73 Å². The maximum Gasteiger partial charge on any atom is 0.126 e. The van der Waals surface area contributed by atoms with Crippen LogP contribution in [0.3, 0.4) is 0 Å². The van der Waals surface area contributed by atoms with E-state index in [0.29, 0.717) is 6.61 Å². The Morgan fingerprint density at radius 2 is 2.16 bits per heavy atom. The molecule has 0 saturated carbocycles. The smallest absolute Gasteiger partial charge is 0.126 e. The zero-order valence-corrected chi connectivity index (χ0v) is 11.3. The van der Waals surface area contributed by atoms with Crippen LogP contribution >= 0.6 is 0 Å². The molecule has 0 spiro atoms. The Kier molecular flexibility index (Phi) is 3.89. The molecule has 1 aromatic carbocycles. The molecule has 4 nitrogen and oxygen atoms in total. The highest BCUT2D eigenvalue weighted by Crippen LogP contribution is 2.32. The zero-order chi connectivity index (χ0) is 13.1. The highest BCUT2D eigenvalue weighted by molar-refractivity contribution is 5.46. The standard InChI is InChI=1S/C15H22N2O2/c16-12-10-13-14(4-3-5-15(13)19-11-12)18-9-8-17-6-1-2-7-17/h3-5,12H,1-2,6-11,16H2. The maximum absolute atomic E-state index is 5.96. The Morgan fingerprint density at radius 3 is 3.00 bits per heavy atom. The zero-order valence-electron chi connectivity index (χ0n) is 11.3. The average Bonchev–Trinajstić information content (AvgIpc) is 2.92. The molecule has 0 amide bonds. The highest BCUT2D eigenvalue weighted by atomic mass is 16.5. The lowest BCUT2D eigenvalue weighted by atomic mass is 10.0. The molecule has 1 atom stereocenters. The van der Waals surface area contributed by atoms with E-state index in [-0.39, 0.29) is 6.04 Å². The Balaban J connectivity index is 1.61. The first-order valence-corrected chi connectivity index (χ1v) is 7.18. The van der Waals surface area contributed by atoms with Crippen molar-refractivity contribution in [3.05, 3.63) is 23.8 Å². The van der Waals surface area contributed by atoms with Crippen LogP contribution in [0.4, 0.5) is 0 Å². The summed E-state index contributed by atoms with van der Waals surface area (Å²) in [6.07, 6.45) is 3.49. The molecule has 0 bridgehead atoms. The van der Waals surface area contributed by atoms with Gasteiger partial charge in [-0.05, 0) is 44.5 Å². The summed E-state index contributed by atoms with van der Waals surface area (Å²) in [5.41, 5.74) is 7.09. The number of benzene rings is 1. The third-order valence-electron chi connectivity index (χ3n) is 3.87. The molecule has 0 aromatic heterocycles. The van der Waals surface area contributed by atoms with Gasteiger partial charge in [-0.1, -0.05) is 6.07 Å². The summed E-state index contributed by atoms with van der Waals surface area (Å²) in [4.78, 5) is 2.46. The van der Waals surface area contributed by atoms with Gasteiger partial charge in [0.15, 0.2) is 0 Å². The third kappa shape index (κ3) is 3.01. The molecule has 104 valence electrons. The summed E-state index contributed by atoms with van der Waals surface area (Å²) in [5, 5.41) is 0. The van der Waals surface area contributed by atoms with Gasteiger partial charge in [0, 0.05) is 18.2 Å². The van der Waals surface area contributed by atoms with Gasteiger partial charge < -0.3 is 15.2 Å². The van der Waals surface area contributed by atoms with Gasteiger partial charge >= 0.3 is 0 Å². The molecule has 1 unspecified atom stereocenters. The SMILES string of the molecule is NC1COc2cccc(OCCN3CCCC3)c2C1. The molecular formula is C15H22N2O2. The fraction of sp³-hybridized carbons (Fsp3) is 0.600. The molecule has 0 aliphatic carbocycles. The van der Waals surface area contributed by atoms with Crippen LogP contribution < -0.4 is 15.2 Å². The fourth-order valence-corrected chi connectivity index (χ4v) is 2.83. The lowest BCUT2D eigenvalue weighted by Gasteiger charge is -2.24. The van der Waals surface area contributed by atoms with Gasteiger partial charge in [-0.2, -0.15) is 0 Å². The molecule has 2 heterocycles. The van der Waals surface area contributed by atoms with Crippen molar-refractivity contribution in [3.63, 3.8) is 0 Å². The quantitative estimate of drug-likeness (QED) is 0.891. The predicted octanol–water partition coefficient (Wildman–Crippen LogP) is 1.42. The number of fused-ring (bicyclic) bond motifs is 1. The van der Waals surface area contributed by atoms with E-state index in [1.54, 1.807) is 0 Å². The molecular weight excluding hydrogens is 240 g/mol.